The van der Waals surface area contributed by atoms with Crippen molar-refractivity contribution in [3.8, 4) is 0 Å². The molecule has 0 aliphatic carbocycles. The van der Waals surface area contributed by atoms with Crippen LogP contribution < -0.4 is 5.56 Å². The Morgan fingerprint density at radius 2 is 1.75 bits per heavy atom. The van der Waals surface area contributed by atoms with E-state index in [1.807, 2.05) is 6.07 Å². The molecule has 3 heterocycles. The number of benzene rings is 1. The van der Waals surface area contributed by atoms with Crippen molar-refractivity contribution in [3.63, 3.8) is 0 Å². The monoisotopic (exact) mass is 348 g/mol. The highest BCUT2D eigenvalue weighted by Crippen LogP contribution is 2.37. The van der Waals surface area contributed by atoms with Crippen molar-refractivity contribution in [2.45, 2.75) is 23.8 Å². The van der Waals surface area contributed by atoms with Gasteiger partial charge in [0.15, 0.2) is 0 Å². The van der Waals surface area contributed by atoms with Crippen molar-refractivity contribution in [1.82, 2.24) is 8.87 Å². The van der Waals surface area contributed by atoms with E-state index in [1.54, 1.807) is 10.6 Å². The van der Waals surface area contributed by atoms with E-state index in [4.69, 9.17) is 0 Å². The molecule has 2 aromatic rings. The molecule has 1 aromatic carbocycles. The van der Waals surface area contributed by atoms with Gasteiger partial charge in [-0.15, -0.1) is 0 Å². The van der Waals surface area contributed by atoms with Gasteiger partial charge in [-0.2, -0.15) is 4.31 Å². The second kappa shape index (κ2) is 5.53. The Kier molecular flexibility index (Phi) is 3.58. The lowest BCUT2D eigenvalue weighted by Crippen LogP contribution is -2.48. The van der Waals surface area contributed by atoms with Gasteiger partial charge in [0.2, 0.25) is 10.0 Å². The highest BCUT2D eigenvalue weighted by atomic mass is 32.2. The van der Waals surface area contributed by atoms with Crippen LogP contribution in [0.2, 0.25) is 0 Å². The largest absolute Gasteiger partial charge is 0.312 e. The van der Waals surface area contributed by atoms with E-state index in [0.29, 0.717) is 19.6 Å². The number of nitrogens with zero attached hydrogens (tertiary/aromatic N) is 2. The highest BCUT2D eigenvalue weighted by Gasteiger charge is 2.39. The molecule has 0 spiro atoms. The maximum Gasteiger partial charge on any atom is 0.250 e. The van der Waals surface area contributed by atoms with Crippen LogP contribution in [0.25, 0.3) is 0 Å². The first kappa shape index (κ1) is 15.5. The maximum absolute atomic E-state index is 13.1. The fourth-order valence-electron chi connectivity index (χ4n) is 3.80. The number of fused-ring (bicyclic) bond motifs is 4. The molecular weight excluding hydrogens is 331 g/mol. The van der Waals surface area contributed by atoms with E-state index in [0.717, 1.165) is 24.2 Å². The number of piperidine rings is 1. The number of aromatic nitrogens is 1. The SMILES string of the molecule is O=c1cccc2n1C[C@H]1C[C@H]2CN(S(=O)(=O)c2ccc(F)cc2)C1. The van der Waals surface area contributed by atoms with E-state index in [-0.39, 0.29) is 22.3 Å². The van der Waals surface area contributed by atoms with Crippen LogP contribution in [0, 0.1) is 11.7 Å². The van der Waals surface area contributed by atoms with Gasteiger partial charge in [0, 0.05) is 37.3 Å². The number of pyridine rings is 1. The van der Waals surface area contributed by atoms with Crippen LogP contribution in [0.1, 0.15) is 18.0 Å². The second-order valence-electron chi connectivity index (χ2n) is 6.47. The Morgan fingerprint density at radius 3 is 2.50 bits per heavy atom. The van der Waals surface area contributed by atoms with E-state index in [1.165, 1.54) is 22.5 Å². The summed E-state index contributed by atoms with van der Waals surface area (Å²) in [6, 6.07) is 10.1. The smallest absolute Gasteiger partial charge is 0.250 e. The first-order valence-electron chi connectivity index (χ1n) is 7.90. The fourth-order valence-corrected chi connectivity index (χ4v) is 5.37. The lowest BCUT2D eigenvalue weighted by molar-refractivity contribution is 0.186. The molecule has 1 saturated heterocycles. The summed E-state index contributed by atoms with van der Waals surface area (Å²) in [6.45, 7) is 1.28. The molecule has 0 N–H and O–H groups in total. The molecule has 2 aliphatic heterocycles. The van der Waals surface area contributed by atoms with Crippen LogP contribution in [0.4, 0.5) is 4.39 Å². The molecule has 0 unspecified atom stereocenters. The third kappa shape index (κ3) is 2.48. The first-order valence-corrected chi connectivity index (χ1v) is 9.34. The fraction of sp³-hybridized carbons (Fsp3) is 0.353. The number of hydrogen-bond donors (Lipinski definition) is 0. The summed E-state index contributed by atoms with van der Waals surface area (Å²) >= 11 is 0. The zero-order chi connectivity index (χ0) is 16.9. The predicted octanol–water partition coefficient (Wildman–Crippen LogP) is 1.80. The van der Waals surface area contributed by atoms with Crippen molar-refractivity contribution in [2.75, 3.05) is 13.1 Å². The van der Waals surface area contributed by atoms with Crippen molar-refractivity contribution < 1.29 is 12.8 Å². The first-order chi connectivity index (χ1) is 11.4. The Morgan fingerprint density at radius 1 is 1.00 bits per heavy atom. The molecule has 1 fully saturated rings. The molecule has 7 heteroatoms. The zero-order valence-corrected chi connectivity index (χ0v) is 13.7. The number of hydrogen-bond acceptors (Lipinski definition) is 3. The molecule has 0 radical (unpaired) electrons. The quantitative estimate of drug-likeness (QED) is 0.831. The summed E-state index contributed by atoms with van der Waals surface area (Å²) in [5.74, 6) is -0.328. The van der Waals surface area contributed by atoms with Gasteiger partial charge >= 0.3 is 0 Å². The topological polar surface area (TPSA) is 59.4 Å². The van der Waals surface area contributed by atoms with Gasteiger partial charge in [-0.3, -0.25) is 4.79 Å². The minimum Gasteiger partial charge on any atom is -0.312 e. The minimum atomic E-state index is -3.65. The molecular formula is C17H17FN2O3S. The van der Waals surface area contributed by atoms with Crippen LogP contribution in [-0.4, -0.2) is 30.4 Å². The van der Waals surface area contributed by atoms with E-state index >= 15 is 0 Å². The van der Waals surface area contributed by atoms with Crippen molar-refractivity contribution in [3.05, 3.63) is 64.3 Å². The maximum atomic E-state index is 13.1. The van der Waals surface area contributed by atoms with E-state index in [2.05, 4.69) is 0 Å². The van der Waals surface area contributed by atoms with Crippen molar-refractivity contribution in [1.29, 1.82) is 0 Å². The van der Waals surface area contributed by atoms with E-state index in [9.17, 15) is 17.6 Å². The third-order valence-electron chi connectivity index (χ3n) is 4.90. The van der Waals surface area contributed by atoms with Gasteiger partial charge in [-0.05, 0) is 42.7 Å². The zero-order valence-electron chi connectivity index (χ0n) is 12.9. The summed E-state index contributed by atoms with van der Waals surface area (Å²) in [5.41, 5.74) is 0.870. The molecule has 2 aliphatic rings. The lowest BCUT2D eigenvalue weighted by Gasteiger charge is -2.42. The molecule has 4 rings (SSSR count). The Hall–Kier alpha value is -1.99. The van der Waals surface area contributed by atoms with Crippen LogP contribution in [0.15, 0.2) is 52.2 Å². The van der Waals surface area contributed by atoms with Crippen molar-refractivity contribution >= 4 is 10.0 Å². The molecule has 1 aromatic heterocycles. The standard InChI is InChI=1S/C17H17FN2O3S/c18-14-4-6-15(7-5-14)24(22,23)19-9-12-8-13(11-19)16-2-1-3-17(21)20(16)10-12/h1-7,12-13H,8-11H2/t12-,13-/m0/s1. The molecule has 5 nitrogen and oxygen atoms in total. The van der Waals surface area contributed by atoms with Crippen LogP contribution >= 0.6 is 0 Å². The van der Waals surface area contributed by atoms with Crippen LogP contribution in [0.3, 0.4) is 0 Å². The number of halogens is 1. The summed E-state index contributed by atoms with van der Waals surface area (Å²) < 4.78 is 42.0. The van der Waals surface area contributed by atoms with Crippen LogP contribution in [-0.2, 0) is 16.6 Å². The normalized spacial score (nSPS) is 23.7. The summed E-state index contributed by atoms with van der Waals surface area (Å²) in [6.07, 6.45) is 0.888. The molecule has 0 amide bonds. The predicted molar refractivity (Wildman–Crippen MR) is 86.7 cm³/mol. The second-order valence-corrected chi connectivity index (χ2v) is 8.41. The summed E-state index contributed by atoms with van der Waals surface area (Å²) in [4.78, 5) is 12.1. The van der Waals surface area contributed by atoms with Gasteiger partial charge in [-0.25, -0.2) is 12.8 Å². The van der Waals surface area contributed by atoms with Gasteiger partial charge in [0.1, 0.15) is 5.82 Å². The minimum absolute atomic E-state index is 0.0154. The summed E-state index contributed by atoms with van der Waals surface area (Å²) in [5, 5.41) is 0. The third-order valence-corrected chi connectivity index (χ3v) is 6.74. The molecule has 24 heavy (non-hydrogen) atoms. The number of sulfonamides is 1. The average Bonchev–Trinajstić information content (AvgIpc) is 2.56. The molecule has 126 valence electrons. The Balaban J connectivity index is 1.69. The Labute approximate surface area is 139 Å². The molecule has 0 saturated carbocycles. The number of rotatable bonds is 2. The average molecular weight is 348 g/mol. The highest BCUT2D eigenvalue weighted by molar-refractivity contribution is 7.89. The van der Waals surface area contributed by atoms with Gasteiger partial charge < -0.3 is 4.57 Å². The molecule has 2 bridgehead atoms. The van der Waals surface area contributed by atoms with Gasteiger partial charge in [-0.1, -0.05) is 6.07 Å². The van der Waals surface area contributed by atoms with E-state index < -0.39 is 15.8 Å². The molecule has 2 atom stereocenters. The Bertz CT molecular complexity index is 937. The van der Waals surface area contributed by atoms with Gasteiger partial charge in [0.05, 0.1) is 4.90 Å². The summed E-state index contributed by atoms with van der Waals surface area (Å²) in [7, 11) is -3.65. The lowest BCUT2D eigenvalue weighted by atomic mass is 9.84. The van der Waals surface area contributed by atoms with Crippen LogP contribution in [0.5, 0.6) is 0 Å². The van der Waals surface area contributed by atoms with Crippen molar-refractivity contribution in [2.24, 2.45) is 5.92 Å². The van der Waals surface area contributed by atoms with Gasteiger partial charge in [0.25, 0.3) is 5.56 Å².